The highest BCUT2D eigenvalue weighted by molar-refractivity contribution is 5.99. The molecule has 24 heavy (non-hydrogen) atoms. The minimum Gasteiger partial charge on any atom is -0.325 e. The van der Waals surface area contributed by atoms with Gasteiger partial charge in [0, 0.05) is 5.69 Å². The van der Waals surface area contributed by atoms with Crippen LogP contribution < -0.4 is 5.32 Å². The molecule has 3 aromatic carbocycles. The zero-order valence-corrected chi connectivity index (χ0v) is 13.8. The molecule has 0 unspecified atom stereocenters. The quantitative estimate of drug-likeness (QED) is 0.718. The number of hydrogen-bond acceptors (Lipinski definition) is 1. The third-order valence-electron chi connectivity index (χ3n) is 4.34. The van der Waals surface area contributed by atoms with Gasteiger partial charge >= 0.3 is 0 Å². The minimum atomic E-state index is -0.640. The molecule has 3 aromatic rings. The summed E-state index contributed by atoms with van der Waals surface area (Å²) in [6.07, 6.45) is 0.649. The fraction of sp³-hybridized carbons (Fsp3) is 0.136. The average molecular weight is 315 g/mol. The van der Waals surface area contributed by atoms with Crippen molar-refractivity contribution in [3.05, 3.63) is 102 Å². The van der Waals surface area contributed by atoms with E-state index >= 15 is 0 Å². The van der Waals surface area contributed by atoms with Gasteiger partial charge in [0.1, 0.15) is 0 Å². The van der Waals surface area contributed by atoms with Crippen molar-refractivity contribution in [1.29, 1.82) is 0 Å². The van der Waals surface area contributed by atoms with Gasteiger partial charge in [0.25, 0.3) is 0 Å². The maximum atomic E-state index is 13.1. The summed E-state index contributed by atoms with van der Waals surface area (Å²) in [4.78, 5) is 13.1. The molecule has 0 aliphatic rings. The second-order valence-corrected chi connectivity index (χ2v) is 6.18. The third kappa shape index (κ3) is 3.54. The molecule has 0 saturated heterocycles. The molecular formula is C22H21NO. The predicted octanol–water partition coefficient (Wildman–Crippen LogP) is 4.83. The zero-order chi connectivity index (χ0) is 16.8. The minimum absolute atomic E-state index is 0.00348. The summed E-state index contributed by atoms with van der Waals surface area (Å²) in [5, 5.41) is 3.06. The predicted molar refractivity (Wildman–Crippen MR) is 99.0 cm³/mol. The Morgan fingerprint density at radius 2 is 1.29 bits per heavy atom. The van der Waals surface area contributed by atoms with Crippen LogP contribution in [0.15, 0.2) is 91.0 Å². The number of carbonyl (C=O) groups excluding carboxylic acids is 1. The first-order valence-corrected chi connectivity index (χ1v) is 8.14. The van der Waals surface area contributed by atoms with Crippen LogP contribution >= 0.6 is 0 Å². The van der Waals surface area contributed by atoms with Crippen molar-refractivity contribution in [1.82, 2.24) is 0 Å². The molecular weight excluding hydrogens is 294 g/mol. The number of hydrogen-bond donors (Lipinski definition) is 1. The second-order valence-electron chi connectivity index (χ2n) is 6.18. The van der Waals surface area contributed by atoms with Crippen LogP contribution in [0.5, 0.6) is 0 Å². The van der Waals surface area contributed by atoms with E-state index in [1.165, 1.54) is 0 Å². The molecule has 0 aliphatic heterocycles. The van der Waals surface area contributed by atoms with Crippen LogP contribution in [-0.2, 0) is 16.6 Å². The molecule has 0 spiro atoms. The van der Waals surface area contributed by atoms with E-state index in [4.69, 9.17) is 0 Å². The Hall–Kier alpha value is -2.87. The smallest absolute Gasteiger partial charge is 0.235 e. The number of anilines is 1. The Kier molecular flexibility index (Phi) is 4.76. The van der Waals surface area contributed by atoms with Gasteiger partial charge in [-0.3, -0.25) is 4.79 Å². The summed E-state index contributed by atoms with van der Waals surface area (Å²) < 4.78 is 0. The van der Waals surface area contributed by atoms with Gasteiger partial charge < -0.3 is 5.32 Å². The molecule has 0 bridgehead atoms. The third-order valence-corrected chi connectivity index (χ3v) is 4.34. The molecule has 0 aromatic heterocycles. The van der Waals surface area contributed by atoms with E-state index < -0.39 is 5.41 Å². The number of para-hydroxylation sites is 1. The van der Waals surface area contributed by atoms with Crippen LogP contribution in [0.1, 0.15) is 18.1 Å². The van der Waals surface area contributed by atoms with E-state index in [0.29, 0.717) is 6.42 Å². The van der Waals surface area contributed by atoms with Crippen molar-refractivity contribution in [2.75, 3.05) is 5.32 Å². The first-order valence-electron chi connectivity index (χ1n) is 8.14. The van der Waals surface area contributed by atoms with Crippen LogP contribution in [0.3, 0.4) is 0 Å². The number of carbonyl (C=O) groups is 1. The first-order chi connectivity index (χ1) is 11.7. The maximum Gasteiger partial charge on any atom is 0.235 e. The topological polar surface area (TPSA) is 29.1 Å². The summed E-state index contributed by atoms with van der Waals surface area (Å²) in [6, 6.07) is 29.7. The van der Waals surface area contributed by atoms with E-state index in [9.17, 15) is 4.79 Å². The normalized spacial score (nSPS) is 13.0. The number of nitrogens with one attached hydrogen (secondary N) is 1. The van der Waals surface area contributed by atoms with Gasteiger partial charge in [-0.15, -0.1) is 0 Å². The summed E-state index contributed by atoms with van der Waals surface area (Å²) in [6.45, 7) is 2.01. The SMILES string of the molecule is C[C@@](Cc1ccccc1)(C(=O)Nc1ccccc1)c1ccccc1. The van der Waals surface area contributed by atoms with E-state index in [0.717, 1.165) is 16.8 Å². The molecule has 0 aliphatic carbocycles. The monoisotopic (exact) mass is 315 g/mol. The Labute approximate surface area is 143 Å². The van der Waals surface area contributed by atoms with Gasteiger partial charge in [-0.25, -0.2) is 0 Å². The van der Waals surface area contributed by atoms with Crippen molar-refractivity contribution in [3.63, 3.8) is 0 Å². The second kappa shape index (κ2) is 7.14. The average Bonchev–Trinajstić information content (AvgIpc) is 2.64. The first kappa shape index (κ1) is 16.0. The molecule has 120 valence electrons. The molecule has 2 heteroatoms. The Morgan fingerprint density at radius 3 is 1.88 bits per heavy atom. The van der Waals surface area contributed by atoms with Gasteiger partial charge in [0.15, 0.2) is 0 Å². The van der Waals surface area contributed by atoms with Gasteiger partial charge in [0.05, 0.1) is 5.41 Å². The number of rotatable bonds is 5. The summed E-state index contributed by atoms with van der Waals surface area (Å²) in [5.41, 5.74) is 2.34. The van der Waals surface area contributed by atoms with E-state index in [-0.39, 0.29) is 5.91 Å². The lowest BCUT2D eigenvalue weighted by Crippen LogP contribution is -2.39. The fourth-order valence-corrected chi connectivity index (χ4v) is 2.91. The lowest BCUT2D eigenvalue weighted by atomic mass is 9.76. The lowest BCUT2D eigenvalue weighted by Gasteiger charge is -2.29. The van der Waals surface area contributed by atoms with Crippen molar-refractivity contribution in [2.24, 2.45) is 0 Å². The lowest BCUT2D eigenvalue weighted by molar-refractivity contribution is -0.121. The molecule has 1 atom stereocenters. The van der Waals surface area contributed by atoms with Crippen LogP contribution in [-0.4, -0.2) is 5.91 Å². The van der Waals surface area contributed by atoms with Crippen molar-refractivity contribution in [2.45, 2.75) is 18.8 Å². The molecule has 0 saturated carbocycles. The fourth-order valence-electron chi connectivity index (χ4n) is 2.91. The standard InChI is InChI=1S/C22H21NO/c1-22(19-13-7-3-8-14-19,17-18-11-5-2-6-12-18)21(24)23-20-15-9-4-10-16-20/h2-16H,17H2,1H3,(H,23,24)/t22-/m0/s1. The highest BCUT2D eigenvalue weighted by Crippen LogP contribution is 2.30. The van der Waals surface area contributed by atoms with Crippen molar-refractivity contribution in [3.8, 4) is 0 Å². The van der Waals surface area contributed by atoms with E-state index in [2.05, 4.69) is 17.4 Å². The summed E-state index contributed by atoms with van der Waals surface area (Å²) in [7, 11) is 0. The molecule has 3 rings (SSSR count). The van der Waals surface area contributed by atoms with E-state index in [1.807, 2.05) is 85.8 Å². The van der Waals surface area contributed by atoms with Crippen LogP contribution in [0.25, 0.3) is 0 Å². The van der Waals surface area contributed by atoms with Gasteiger partial charge in [-0.05, 0) is 36.6 Å². The molecule has 1 N–H and O–H groups in total. The van der Waals surface area contributed by atoms with Crippen LogP contribution in [0.2, 0.25) is 0 Å². The Balaban J connectivity index is 1.94. The highest BCUT2D eigenvalue weighted by atomic mass is 16.2. The van der Waals surface area contributed by atoms with Crippen molar-refractivity contribution >= 4 is 11.6 Å². The van der Waals surface area contributed by atoms with Crippen LogP contribution in [0, 0.1) is 0 Å². The van der Waals surface area contributed by atoms with Gasteiger partial charge in [0.2, 0.25) is 5.91 Å². The Bertz CT molecular complexity index is 784. The number of benzene rings is 3. The largest absolute Gasteiger partial charge is 0.325 e. The van der Waals surface area contributed by atoms with E-state index in [1.54, 1.807) is 0 Å². The van der Waals surface area contributed by atoms with Gasteiger partial charge in [-0.2, -0.15) is 0 Å². The summed E-state index contributed by atoms with van der Waals surface area (Å²) in [5.74, 6) is 0.00348. The summed E-state index contributed by atoms with van der Waals surface area (Å²) >= 11 is 0. The number of amides is 1. The van der Waals surface area contributed by atoms with Gasteiger partial charge in [-0.1, -0.05) is 78.9 Å². The van der Waals surface area contributed by atoms with Crippen LogP contribution in [0.4, 0.5) is 5.69 Å². The molecule has 0 fully saturated rings. The molecule has 2 nitrogen and oxygen atoms in total. The zero-order valence-electron chi connectivity index (χ0n) is 13.8. The molecule has 1 amide bonds. The Morgan fingerprint density at radius 1 is 0.792 bits per heavy atom. The highest BCUT2D eigenvalue weighted by Gasteiger charge is 2.35. The molecule has 0 heterocycles. The van der Waals surface area contributed by atoms with Crippen molar-refractivity contribution < 1.29 is 4.79 Å². The maximum absolute atomic E-state index is 13.1. The molecule has 0 radical (unpaired) electrons.